The number of nitrogens with zero attached hydrogens (tertiary/aromatic N) is 1. The van der Waals surface area contributed by atoms with E-state index in [1.807, 2.05) is 13.0 Å². The number of methoxy groups -OCH3 is 1. The molecular weight excluding hydrogens is 212 g/mol. The zero-order valence-electron chi connectivity index (χ0n) is 8.54. The highest BCUT2D eigenvalue weighted by atomic mass is 35.5. The van der Waals surface area contributed by atoms with Crippen LogP contribution in [0.4, 0.5) is 5.82 Å². The summed E-state index contributed by atoms with van der Waals surface area (Å²) in [5.74, 6) is 1.18. The summed E-state index contributed by atoms with van der Waals surface area (Å²) in [4.78, 5) is 4.28. The van der Waals surface area contributed by atoms with Gasteiger partial charge in [-0.2, -0.15) is 0 Å². The van der Waals surface area contributed by atoms with Gasteiger partial charge in [0.2, 0.25) is 0 Å². The van der Waals surface area contributed by atoms with Crippen molar-refractivity contribution in [1.29, 1.82) is 0 Å². The van der Waals surface area contributed by atoms with Crippen molar-refractivity contribution in [2.45, 2.75) is 6.92 Å². The predicted octanol–water partition coefficient (Wildman–Crippen LogP) is 2.79. The molecule has 0 unspecified atom stereocenters. The monoisotopic (exact) mass is 222 g/mol. The zero-order valence-corrected chi connectivity index (χ0v) is 9.30. The van der Waals surface area contributed by atoms with E-state index in [1.165, 1.54) is 0 Å². The van der Waals surface area contributed by atoms with Crippen molar-refractivity contribution in [2.24, 2.45) is 0 Å². The first-order valence-corrected chi connectivity index (χ1v) is 4.90. The average Bonchev–Trinajstić information content (AvgIpc) is 2.22. The molecule has 0 saturated carbocycles. The first-order chi connectivity index (χ1) is 7.13. The molecule has 1 aromatic heterocycles. The van der Waals surface area contributed by atoms with Crippen LogP contribution < -0.4 is 10.5 Å². The maximum atomic E-state index is 6.07. The van der Waals surface area contributed by atoms with Crippen LogP contribution >= 0.6 is 11.6 Å². The zero-order chi connectivity index (χ0) is 11.0. The van der Waals surface area contributed by atoms with Crippen LogP contribution in [0.1, 0.15) is 5.56 Å². The lowest BCUT2D eigenvalue weighted by Gasteiger charge is -2.08. The summed E-state index contributed by atoms with van der Waals surface area (Å²) in [5.41, 5.74) is 7.37. The Bertz CT molecular complexity index is 525. The lowest BCUT2D eigenvalue weighted by molar-refractivity contribution is 0.419. The van der Waals surface area contributed by atoms with Gasteiger partial charge in [0.15, 0.2) is 0 Å². The molecule has 0 saturated heterocycles. The van der Waals surface area contributed by atoms with Gasteiger partial charge < -0.3 is 10.5 Å². The fourth-order valence-corrected chi connectivity index (χ4v) is 1.69. The Morgan fingerprint density at radius 2 is 2.13 bits per heavy atom. The fourth-order valence-electron chi connectivity index (χ4n) is 1.48. The van der Waals surface area contributed by atoms with Gasteiger partial charge >= 0.3 is 0 Å². The third-order valence-electron chi connectivity index (χ3n) is 2.34. The molecular formula is C11H11ClN2O. The van der Waals surface area contributed by atoms with Gasteiger partial charge in [-0.3, -0.25) is 0 Å². The summed E-state index contributed by atoms with van der Waals surface area (Å²) in [7, 11) is 1.60. The van der Waals surface area contributed by atoms with Crippen LogP contribution in [0.2, 0.25) is 5.02 Å². The first kappa shape index (κ1) is 10.1. The third-order valence-corrected chi connectivity index (χ3v) is 2.67. The van der Waals surface area contributed by atoms with Crippen LogP contribution in [0, 0.1) is 6.92 Å². The molecule has 0 aliphatic rings. The molecule has 1 aromatic carbocycles. The van der Waals surface area contributed by atoms with Gasteiger partial charge in [-0.25, -0.2) is 4.98 Å². The standard InChI is InChI=1S/C11H11ClN2O/c1-6-5-7-8(12)3-4-9(15-2)10(7)14-11(6)13/h3-5H,1-2H3,(H2,13,14). The number of hydrogen-bond acceptors (Lipinski definition) is 3. The molecule has 0 aliphatic heterocycles. The maximum absolute atomic E-state index is 6.07. The van der Waals surface area contributed by atoms with Gasteiger partial charge in [0.05, 0.1) is 12.1 Å². The molecule has 15 heavy (non-hydrogen) atoms. The number of aromatic nitrogens is 1. The van der Waals surface area contributed by atoms with E-state index in [2.05, 4.69) is 4.98 Å². The van der Waals surface area contributed by atoms with E-state index >= 15 is 0 Å². The maximum Gasteiger partial charge on any atom is 0.145 e. The minimum absolute atomic E-state index is 0.503. The van der Waals surface area contributed by atoms with Crippen molar-refractivity contribution in [2.75, 3.05) is 12.8 Å². The summed E-state index contributed by atoms with van der Waals surface area (Å²) in [6.07, 6.45) is 0. The molecule has 0 spiro atoms. The van der Waals surface area contributed by atoms with Crippen LogP contribution in [-0.4, -0.2) is 12.1 Å². The van der Waals surface area contributed by atoms with Crippen LogP contribution in [-0.2, 0) is 0 Å². The molecule has 0 atom stereocenters. The number of aryl methyl sites for hydroxylation is 1. The molecule has 0 radical (unpaired) electrons. The van der Waals surface area contributed by atoms with Crippen molar-refractivity contribution in [3.8, 4) is 5.75 Å². The molecule has 0 fully saturated rings. The second-order valence-electron chi connectivity index (χ2n) is 3.34. The second-order valence-corrected chi connectivity index (χ2v) is 3.74. The summed E-state index contributed by atoms with van der Waals surface area (Å²) >= 11 is 6.07. The van der Waals surface area contributed by atoms with Crippen molar-refractivity contribution >= 4 is 28.3 Å². The van der Waals surface area contributed by atoms with Crippen molar-refractivity contribution < 1.29 is 4.74 Å². The SMILES string of the molecule is COc1ccc(Cl)c2cc(C)c(N)nc12. The molecule has 3 nitrogen and oxygen atoms in total. The van der Waals surface area contributed by atoms with Crippen molar-refractivity contribution in [3.05, 3.63) is 28.8 Å². The smallest absolute Gasteiger partial charge is 0.145 e. The van der Waals surface area contributed by atoms with Crippen LogP contribution in [0.5, 0.6) is 5.75 Å². The molecule has 78 valence electrons. The lowest BCUT2D eigenvalue weighted by Crippen LogP contribution is -1.96. The van der Waals surface area contributed by atoms with Crippen LogP contribution in [0.25, 0.3) is 10.9 Å². The Morgan fingerprint density at radius 3 is 2.80 bits per heavy atom. The van der Waals surface area contributed by atoms with Crippen molar-refractivity contribution in [3.63, 3.8) is 0 Å². The molecule has 2 rings (SSSR count). The highest BCUT2D eigenvalue weighted by Gasteiger charge is 2.08. The quantitative estimate of drug-likeness (QED) is 0.807. The van der Waals surface area contributed by atoms with E-state index in [9.17, 15) is 0 Å². The van der Waals surface area contributed by atoms with E-state index < -0.39 is 0 Å². The number of fused-ring (bicyclic) bond motifs is 1. The van der Waals surface area contributed by atoms with E-state index in [1.54, 1.807) is 19.2 Å². The van der Waals surface area contributed by atoms with Gasteiger partial charge in [-0.1, -0.05) is 11.6 Å². The summed E-state index contributed by atoms with van der Waals surface area (Å²) in [5, 5.41) is 1.52. The number of ether oxygens (including phenoxy) is 1. The van der Waals surface area contributed by atoms with Crippen LogP contribution in [0.15, 0.2) is 18.2 Å². The van der Waals surface area contributed by atoms with Crippen molar-refractivity contribution in [1.82, 2.24) is 4.98 Å². The van der Waals surface area contributed by atoms with Gasteiger partial charge in [0, 0.05) is 5.39 Å². The Kier molecular flexibility index (Phi) is 2.40. The predicted molar refractivity (Wildman–Crippen MR) is 62.5 cm³/mol. The summed E-state index contributed by atoms with van der Waals surface area (Å²) in [6, 6.07) is 5.50. The number of benzene rings is 1. The fraction of sp³-hybridized carbons (Fsp3) is 0.182. The van der Waals surface area contributed by atoms with E-state index in [-0.39, 0.29) is 0 Å². The number of rotatable bonds is 1. The van der Waals surface area contributed by atoms with E-state index in [0.29, 0.717) is 22.1 Å². The molecule has 0 amide bonds. The Hall–Kier alpha value is -1.48. The lowest BCUT2D eigenvalue weighted by atomic mass is 10.1. The van der Waals surface area contributed by atoms with E-state index in [0.717, 1.165) is 10.9 Å². The van der Waals surface area contributed by atoms with E-state index in [4.69, 9.17) is 22.1 Å². The number of nitrogens with two attached hydrogens (primary N) is 1. The van der Waals surface area contributed by atoms with Gasteiger partial charge in [0.25, 0.3) is 0 Å². The Morgan fingerprint density at radius 1 is 1.40 bits per heavy atom. The van der Waals surface area contributed by atoms with Crippen LogP contribution in [0.3, 0.4) is 0 Å². The topological polar surface area (TPSA) is 48.1 Å². The largest absolute Gasteiger partial charge is 0.494 e. The number of halogens is 1. The number of nitrogen functional groups attached to an aromatic ring is 1. The molecule has 2 N–H and O–H groups in total. The molecule has 0 bridgehead atoms. The second kappa shape index (κ2) is 3.59. The molecule has 1 heterocycles. The number of hydrogen-bond donors (Lipinski definition) is 1. The minimum Gasteiger partial charge on any atom is -0.494 e. The Balaban J connectivity index is 2.88. The first-order valence-electron chi connectivity index (χ1n) is 4.53. The molecule has 0 aliphatic carbocycles. The highest BCUT2D eigenvalue weighted by molar-refractivity contribution is 6.35. The normalized spacial score (nSPS) is 10.6. The number of pyridine rings is 1. The highest BCUT2D eigenvalue weighted by Crippen LogP contribution is 2.31. The summed E-state index contributed by atoms with van der Waals surface area (Å²) in [6.45, 7) is 1.90. The third kappa shape index (κ3) is 1.59. The molecule has 2 aromatic rings. The summed E-state index contributed by atoms with van der Waals surface area (Å²) < 4.78 is 5.20. The molecule has 4 heteroatoms. The van der Waals surface area contributed by atoms with Gasteiger partial charge in [-0.05, 0) is 30.7 Å². The average molecular weight is 223 g/mol. The van der Waals surface area contributed by atoms with Gasteiger partial charge in [-0.15, -0.1) is 0 Å². The number of anilines is 1. The minimum atomic E-state index is 0.503. The van der Waals surface area contributed by atoms with Gasteiger partial charge in [0.1, 0.15) is 17.1 Å². The Labute approximate surface area is 92.8 Å².